The standard InChI is InChI=1S/C23H17F5N4O5/c24-15-3-12(4-16(25)20(15)36-13-1-2-29-17(5-13)37-23(26,27)28)9-34-18-6-19-31(21(33)30-18)10-22-7-14(35-11-22)8-32(19)22/h1-6,14H,7-11H2/t14-,22+/m0/s1. The Balaban J connectivity index is 1.17. The molecule has 194 valence electrons. The summed E-state index contributed by atoms with van der Waals surface area (Å²) in [6, 6.07) is 5.35. The van der Waals surface area contributed by atoms with E-state index in [1.807, 2.05) is 0 Å². The zero-order valence-electron chi connectivity index (χ0n) is 18.8. The Morgan fingerprint density at radius 2 is 1.92 bits per heavy atom. The van der Waals surface area contributed by atoms with Crippen LogP contribution in [-0.4, -0.2) is 45.7 Å². The minimum absolute atomic E-state index is 0.00659. The van der Waals surface area contributed by atoms with E-state index in [-0.39, 0.29) is 35.4 Å². The predicted molar refractivity (Wildman–Crippen MR) is 115 cm³/mol. The highest BCUT2D eigenvalue weighted by Gasteiger charge is 2.56. The molecule has 3 aromatic rings. The van der Waals surface area contributed by atoms with Crippen LogP contribution >= 0.6 is 0 Å². The van der Waals surface area contributed by atoms with Gasteiger partial charge < -0.3 is 23.8 Å². The quantitative estimate of drug-likeness (QED) is 0.453. The summed E-state index contributed by atoms with van der Waals surface area (Å²) in [6.07, 6.45) is -3.12. The van der Waals surface area contributed by atoms with Crippen molar-refractivity contribution in [2.24, 2.45) is 0 Å². The lowest BCUT2D eigenvalue weighted by molar-refractivity contribution is -0.276. The van der Waals surface area contributed by atoms with Crippen molar-refractivity contribution >= 4 is 5.82 Å². The maximum atomic E-state index is 14.6. The number of benzene rings is 1. The van der Waals surface area contributed by atoms with Crippen LogP contribution in [0.5, 0.6) is 23.3 Å². The third-order valence-corrected chi connectivity index (χ3v) is 6.44. The van der Waals surface area contributed by atoms with Gasteiger partial charge in [-0.15, -0.1) is 13.2 Å². The van der Waals surface area contributed by atoms with Crippen LogP contribution in [0.3, 0.4) is 0 Å². The van der Waals surface area contributed by atoms with Crippen molar-refractivity contribution in [3.05, 3.63) is 64.2 Å². The molecule has 2 bridgehead atoms. The Labute approximate surface area is 205 Å². The van der Waals surface area contributed by atoms with Crippen molar-refractivity contribution in [3.8, 4) is 23.3 Å². The summed E-state index contributed by atoms with van der Waals surface area (Å²) >= 11 is 0. The molecule has 0 unspecified atom stereocenters. The van der Waals surface area contributed by atoms with Crippen LogP contribution in [0.4, 0.5) is 27.8 Å². The lowest BCUT2D eigenvalue weighted by Gasteiger charge is -2.32. The molecule has 2 aromatic heterocycles. The summed E-state index contributed by atoms with van der Waals surface area (Å²) in [7, 11) is 0. The molecule has 2 atom stereocenters. The van der Waals surface area contributed by atoms with Gasteiger partial charge in [0.15, 0.2) is 17.4 Å². The molecule has 0 amide bonds. The number of ether oxygens (including phenoxy) is 4. The van der Waals surface area contributed by atoms with Gasteiger partial charge in [-0.2, -0.15) is 4.98 Å². The zero-order chi connectivity index (χ0) is 25.9. The Kier molecular flexibility index (Phi) is 5.26. The molecule has 0 saturated carbocycles. The van der Waals surface area contributed by atoms with Gasteiger partial charge in [-0.1, -0.05) is 0 Å². The Morgan fingerprint density at radius 3 is 2.65 bits per heavy atom. The third kappa shape index (κ3) is 4.30. The van der Waals surface area contributed by atoms with Crippen LogP contribution in [0.2, 0.25) is 0 Å². The Bertz CT molecular complexity index is 1420. The summed E-state index contributed by atoms with van der Waals surface area (Å²) in [5, 5.41) is 0. The van der Waals surface area contributed by atoms with E-state index in [2.05, 4.69) is 19.6 Å². The third-order valence-electron chi connectivity index (χ3n) is 6.44. The summed E-state index contributed by atoms with van der Waals surface area (Å²) in [6.45, 7) is 1.35. The molecule has 2 saturated heterocycles. The Morgan fingerprint density at radius 1 is 1.14 bits per heavy atom. The fourth-order valence-corrected chi connectivity index (χ4v) is 4.96. The van der Waals surface area contributed by atoms with Gasteiger partial charge in [0.2, 0.25) is 11.8 Å². The smallest absolute Gasteiger partial charge is 0.473 e. The van der Waals surface area contributed by atoms with Crippen LogP contribution < -0.4 is 24.8 Å². The summed E-state index contributed by atoms with van der Waals surface area (Å²) in [5.74, 6) is -3.58. The molecule has 1 spiro atoms. The van der Waals surface area contributed by atoms with Crippen molar-refractivity contribution in [3.63, 3.8) is 0 Å². The number of halogens is 5. The van der Waals surface area contributed by atoms with E-state index in [1.54, 1.807) is 10.6 Å². The first-order valence-electron chi connectivity index (χ1n) is 11.1. The lowest BCUT2D eigenvalue weighted by Crippen LogP contribution is -2.46. The minimum atomic E-state index is -4.99. The molecule has 14 heteroatoms. The van der Waals surface area contributed by atoms with Gasteiger partial charge in [-0.05, 0) is 23.8 Å². The number of hydrogen-bond donors (Lipinski definition) is 0. The van der Waals surface area contributed by atoms with E-state index in [9.17, 15) is 26.7 Å². The van der Waals surface area contributed by atoms with Gasteiger partial charge in [0.25, 0.3) is 0 Å². The fourth-order valence-electron chi connectivity index (χ4n) is 4.96. The molecule has 3 aliphatic rings. The van der Waals surface area contributed by atoms with Gasteiger partial charge in [-0.25, -0.2) is 18.6 Å². The number of alkyl halides is 3. The molecular weight excluding hydrogens is 507 g/mol. The highest BCUT2D eigenvalue weighted by atomic mass is 19.4. The second kappa shape index (κ2) is 8.30. The zero-order valence-corrected chi connectivity index (χ0v) is 18.8. The number of morpholine rings is 1. The first kappa shape index (κ1) is 23.5. The normalized spacial score (nSPS) is 21.6. The summed E-state index contributed by atoms with van der Waals surface area (Å²) < 4.78 is 88.0. The van der Waals surface area contributed by atoms with E-state index in [1.165, 1.54) is 0 Å². The van der Waals surface area contributed by atoms with E-state index < -0.39 is 35.3 Å². The average molecular weight is 524 g/mol. The molecule has 0 N–H and O–H groups in total. The fraction of sp³-hybridized carbons (Fsp3) is 0.348. The van der Waals surface area contributed by atoms with E-state index in [4.69, 9.17) is 14.2 Å². The summed E-state index contributed by atoms with van der Waals surface area (Å²) in [4.78, 5) is 22.0. The molecular formula is C23H17F5N4O5. The highest BCUT2D eigenvalue weighted by Crippen LogP contribution is 2.46. The van der Waals surface area contributed by atoms with Crippen molar-refractivity contribution in [2.75, 3.05) is 18.1 Å². The first-order valence-corrected chi connectivity index (χ1v) is 11.1. The molecule has 0 radical (unpaired) electrons. The number of nitrogens with zero attached hydrogens (tertiary/aromatic N) is 4. The van der Waals surface area contributed by atoms with Gasteiger partial charge in [0.1, 0.15) is 18.2 Å². The number of anilines is 1. The van der Waals surface area contributed by atoms with Crippen molar-refractivity contribution in [1.29, 1.82) is 0 Å². The van der Waals surface area contributed by atoms with Gasteiger partial charge in [0, 0.05) is 31.3 Å². The molecule has 5 heterocycles. The van der Waals surface area contributed by atoms with Gasteiger partial charge >= 0.3 is 12.1 Å². The molecule has 6 rings (SSSR count). The van der Waals surface area contributed by atoms with Crippen molar-refractivity contribution in [1.82, 2.24) is 14.5 Å². The van der Waals surface area contributed by atoms with Gasteiger partial charge in [0.05, 0.1) is 24.8 Å². The van der Waals surface area contributed by atoms with E-state index >= 15 is 0 Å². The van der Waals surface area contributed by atoms with E-state index in [0.29, 0.717) is 25.5 Å². The monoisotopic (exact) mass is 524 g/mol. The minimum Gasteiger partial charge on any atom is -0.473 e. The van der Waals surface area contributed by atoms with Crippen LogP contribution in [0, 0.1) is 11.6 Å². The number of aromatic nitrogens is 3. The molecule has 3 aliphatic heterocycles. The lowest BCUT2D eigenvalue weighted by atomic mass is 10.0. The second-order valence-electron chi connectivity index (χ2n) is 8.95. The maximum Gasteiger partial charge on any atom is 0.574 e. The SMILES string of the molecule is O=c1nc(OCc2cc(F)c(Oc3ccnc(OC(F)(F)F)c3)c(F)c2)cc2n1C[C@]13CO[C@H](CN21)C3. The number of fused-ring (bicyclic) bond motifs is 3. The van der Waals surface area contributed by atoms with Crippen LogP contribution in [0.25, 0.3) is 0 Å². The topological polar surface area (TPSA) is 87.9 Å². The largest absolute Gasteiger partial charge is 0.574 e. The molecule has 2 fully saturated rings. The second-order valence-corrected chi connectivity index (χ2v) is 8.95. The summed E-state index contributed by atoms with van der Waals surface area (Å²) in [5.41, 5.74) is -0.675. The molecule has 0 aliphatic carbocycles. The maximum absolute atomic E-state index is 14.6. The number of pyridine rings is 1. The van der Waals surface area contributed by atoms with Crippen LogP contribution in [-0.2, 0) is 17.9 Å². The van der Waals surface area contributed by atoms with Gasteiger partial charge in [-0.3, -0.25) is 4.57 Å². The first-order chi connectivity index (χ1) is 17.6. The number of rotatable bonds is 6. The molecule has 1 aromatic carbocycles. The van der Waals surface area contributed by atoms with Crippen molar-refractivity contribution < 1.29 is 40.9 Å². The van der Waals surface area contributed by atoms with Crippen molar-refractivity contribution in [2.45, 2.75) is 37.6 Å². The predicted octanol–water partition coefficient (Wildman–Crippen LogP) is 3.55. The van der Waals surface area contributed by atoms with E-state index in [0.717, 1.165) is 36.9 Å². The molecule has 9 nitrogen and oxygen atoms in total. The highest BCUT2D eigenvalue weighted by molar-refractivity contribution is 5.52. The number of hydrogen-bond acceptors (Lipinski definition) is 8. The van der Waals surface area contributed by atoms with Crippen LogP contribution in [0.1, 0.15) is 12.0 Å². The average Bonchev–Trinajstić information content (AvgIpc) is 3.48. The Hall–Kier alpha value is -3.94. The molecule has 37 heavy (non-hydrogen) atoms. The van der Waals surface area contributed by atoms with Crippen LogP contribution in [0.15, 0.2) is 41.3 Å².